The first-order chi connectivity index (χ1) is 13.0. The lowest BCUT2D eigenvalue weighted by molar-refractivity contribution is -0.122. The molecule has 0 saturated heterocycles. The summed E-state index contributed by atoms with van der Waals surface area (Å²) in [7, 11) is 0. The number of hydrogen-bond acceptors (Lipinski definition) is 3. The SMILES string of the molecule is CCCN(CCC(=O)Nc1ccccc1Cl)C(C)C(=O)Nc1ccccc1. The minimum Gasteiger partial charge on any atom is -0.325 e. The maximum atomic E-state index is 12.5. The van der Waals surface area contributed by atoms with E-state index in [0.29, 0.717) is 17.3 Å². The number of para-hydroxylation sites is 2. The highest BCUT2D eigenvalue weighted by molar-refractivity contribution is 6.33. The Labute approximate surface area is 165 Å². The van der Waals surface area contributed by atoms with Crippen molar-refractivity contribution in [2.75, 3.05) is 23.7 Å². The van der Waals surface area contributed by atoms with Gasteiger partial charge in [0.25, 0.3) is 0 Å². The van der Waals surface area contributed by atoms with Gasteiger partial charge < -0.3 is 10.6 Å². The van der Waals surface area contributed by atoms with E-state index >= 15 is 0 Å². The molecule has 0 aliphatic rings. The van der Waals surface area contributed by atoms with Gasteiger partial charge in [-0.25, -0.2) is 0 Å². The first-order valence-electron chi connectivity index (χ1n) is 9.15. The molecule has 0 heterocycles. The third-order valence-corrected chi connectivity index (χ3v) is 4.58. The Bertz CT molecular complexity index is 752. The van der Waals surface area contributed by atoms with Crippen molar-refractivity contribution in [3.05, 3.63) is 59.6 Å². The zero-order valence-corrected chi connectivity index (χ0v) is 16.5. The molecule has 0 saturated carbocycles. The predicted molar refractivity (Wildman–Crippen MR) is 111 cm³/mol. The van der Waals surface area contributed by atoms with E-state index in [9.17, 15) is 9.59 Å². The molecule has 1 unspecified atom stereocenters. The van der Waals surface area contributed by atoms with Gasteiger partial charge in [0.2, 0.25) is 11.8 Å². The molecule has 0 aromatic heterocycles. The highest BCUT2D eigenvalue weighted by Gasteiger charge is 2.21. The summed E-state index contributed by atoms with van der Waals surface area (Å²) < 4.78 is 0. The van der Waals surface area contributed by atoms with Crippen LogP contribution in [0.2, 0.25) is 5.02 Å². The van der Waals surface area contributed by atoms with E-state index in [1.807, 2.05) is 54.3 Å². The van der Waals surface area contributed by atoms with Gasteiger partial charge in [0, 0.05) is 18.7 Å². The number of benzene rings is 2. The molecule has 2 amide bonds. The first kappa shape index (κ1) is 20.9. The van der Waals surface area contributed by atoms with Crippen LogP contribution in [0.3, 0.4) is 0 Å². The lowest BCUT2D eigenvalue weighted by Crippen LogP contribution is -2.43. The van der Waals surface area contributed by atoms with Gasteiger partial charge in [0.1, 0.15) is 0 Å². The van der Waals surface area contributed by atoms with Crippen LogP contribution < -0.4 is 10.6 Å². The van der Waals surface area contributed by atoms with Crippen LogP contribution in [-0.2, 0) is 9.59 Å². The number of hydrogen-bond donors (Lipinski definition) is 2. The fourth-order valence-corrected chi connectivity index (χ4v) is 2.92. The van der Waals surface area contributed by atoms with Crippen molar-refractivity contribution in [2.24, 2.45) is 0 Å². The minimum atomic E-state index is -0.335. The molecule has 0 bridgehead atoms. The normalized spacial score (nSPS) is 11.9. The molecule has 27 heavy (non-hydrogen) atoms. The minimum absolute atomic E-state index is 0.0823. The Morgan fingerprint density at radius 3 is 2.33 bits per heavy atom. The Morgan fingerprint density at radius 2 is 1.67 bits per heavy atom. The average Bonchev–Trinajstić information content (AvgIpc) is 2.67. The summed E-state index contributed by atoms with van der Waals surface area (Å²) in [6.45, 7) is 5.15. The molecular formula is C21H26ClN3O2. The zero-order chi connectivity index (χ0) is 19.6. The summed E-state index contributed by atoms with van der Waals surface area (Å²) in [5.74, 6) is -0.207. The molecule has 2 aromatic carbocycles. The lowest BCUT2D eigenvalue weighted by Gasteiger charge is -2.27. The fraction of sp³-hybridized carbons (Fsp3) is 0.333. The fourth-order valence-electron chi connectivity index (χ4n) is 2.74. The van der Waals surface area contributed by atoms with Crippen LogP contribution in [0.1, 0.15) is 26.7 Å². The number of amides is 2. The molecular weight excluding hydrogens is 362 g/mol. The summed E-state index contributed by atoms with van der Waals surface area (Å²) in [6.07, 6.45) is 1.18. The van der Waals surface area contributed by atoms with Crippen molar-refractivity contribution in [3.63, 3.8) is 0 Å². The molecule has 2 rings (SSSR count). The van der Waals surface area contributed by atoms with Crippen LogP contribution >= 0.6 is 11.6 Å². The monoisotopic (exact) mass is 387 g/mol. The van der Waals surface area contributed by atoms with Gasteiger partial charge in [0.05, 0.1) is 16.8 Å². The van der Waals surface area contributed by atoms with Gasteiger partial charge in [-0.05, 0) is 44.2 Å². The number of rotatable bonds is 9. The maximum absolute atomic E-state index is 12.5. The summed E-state index contributed by atoms with van der Waals surface area (Å²) in [5.41, 5.74) is 1.36. The molecule has 5 nitrogen and oxygen atoms in total. The molecule has 2 N–H and O–H groups in total. The van der Waals surface area contributed by atoms with Crippen molar-refractivity contribution in [1.29, 1.82) is 0 Å². The van der Waals surface area contributed by atoms with Crippen molar-refractivity contribution in [2.45, 2.75) is 32.7 Å². The van der Waals surface area contributed by atoms with E-state index in [1.54, 1.807) is 12.1 Å². The van der Waals surface area contributed by atoms with Gasteiger partial charge in [0.15, 0.2) is 0 Å². The van der Waals surface area contributed by atoms with Crippen molar-refractivity contribution in [1.82, 2.24) is 4.90 Å². The molecule has 2 aromatic rings. The van der Waals surface area contributed by atoms with Crippen LogP contribution in [0, 0.1) is 0 Å². The second-order valence-corrected chi connectivity index (χ2v) is 6.75. The molecule has 0 radical (unpaired) electrons. The van der Waals surface area contributed by atoms with Gasteiger partial charge in [-0.3, -0.25) is 14.5 Å². The Kier molecular flexibility index (Phi) is 8.30. The second kappa shape index (κ2) is 10.7. The Hall–Kier alpha value is -2.37. The molecule has 6 heteroatoms. The zero-order valence-electron chi connectivity index (χ0n) is 15.7. The van der Waals surface area contributed by atoms with Gasteiger partial charge in [-0.2, -0.15) is 0 Å². The van der Waals surface area contributed by atoms with Crippen molar-refractivity contribution >= 4 is 34.8 Å². The summed E-state index contributed by atoms with van der Waals surface area (Å²) in [5, 5.41) is 6.24. The van der Waals surface area contributed by atoms with Gasteiger partial charge >= 0.3 is 0 Å². The van der Waals surface area contributed by atoms with Crippen molar-refractivity contribution < 1.29 is 9.59 Å². The maximum Gasteiger partial charge on any atom is 0.241 e. The number of anilines is 2. The number of carbonyl (C=O) groups is 2. The summed E-state index contributed by atoms with van der Waals surface area (Å²) in [4.78, 5) is 26.8. The predicted octanol–water partition coefficient (Wildman–Crippen LogP) is 4.41. The Balaban J connectivity index is 1.90. The van der Waals surface area contributed by atoms with Crippen LogP contribution in [-0.4, -0.2) is 35.8 Å². The third-order valence-electron chi connectivity index (χ3n) is 4.25. The molecule has 0 fully saturated rings. The lowest BCUT2D eigenvalue weighted by atomic mass is 10.2. The van der Waals surface area contributed by atoms with E-state index in [0.717, 1.165) is 18.7 Å². The highest BCUT2D eigenvalue weighted by atomic mass is 35.5. The molecule has 0 aliphatic carbocycles. The van der Waals surface area contributed by atoms with E-state index in [4.69, 9.17) is 11.6 Å². The van der Waals surface area contributed by atoms with E-state index < -0.39 is 0 Å². The highest BCUT2D eigenvalue weighted by Crippen LogP contribution is 2.20. The van der Waals surface area contributed by atoms with Crippen LogP contribution in [0.15, 0.2) is 54.6 Å². The molecule has 0 spiro atoms. The second-order valence-electron chi connectivity index (χ2n) is 6.35. The van der Waals surface area contributed by atoms with Gasteiger partial charge in [-0.1, -0.05) is 48.9 Å². The third kappa shape index (κ3) is 6.70. The number of carbonyl (C=O) groups excluding carboxylic acids is 2. The average molecular weight is 388 g/mol. The standard InChI is InChI=1S/C21H26ClN3O2/c1-3-14-25(16(2)21(27)23-17-9-5-4-6-10-17)15-13-20(26)24-19-12-8-7-11-18(19)22/h4-12,16H,3,13-15H2,1-2H3,(H,23,27)(H,24,26). The molecule has 144 valence electrons. The summed E-state index contributed by atoms with van der Waals surface area (Å²) >= 11 is 6.07. The van der Waals surface area contributed by atoms with Crippen LogP contribution in [0.25, 0.3) is 0 Å². The number of nitrogens with zero attached hydrogens (tertiary/aromatic N) is 1. The number of halogens is 1. The largest absolute Gasteiger partial charge is 0.325 e. The topological polar surface area (TPSA) is 61.4 Å². The quantitative estimate of drug-likeness (QED) is 0.670. The van der Waals surface area contributed by atoms with E-state index in [2.05, 4.69) is 17.6 Å². The van der Waals surface area contributed by atoms with E-state index in [-0.39, 0.29) is 24.3 Å². The van der Waals surface area contributed by atoms with Crippen LogP contribution in [0.4, 0.5) is 11.4 Å². The number of nitrogens with one attached hydrogen (secondary N) is 2. The Morgan fingerprint density at radius 1 is 1.00 bits per heavy atom. The summed E-state index contributed by atoms with van der Waals surface area (Å²) in [6, 6.07) is 16.2. The molecule has 1 atom stereocenters. The molecule has 0 aliphatic heterocycles. The van der Waals surface area contributed by atoms with Crippen molar-refractivity contribution in [3.8, 4) is 0 Å². The smallest absolute Gasteiger partial charge is 0.241 e. The first-order valence-corrected chi connectivity index (χ1v) is 9.53. The van der Waals surface area contributed by atoms with Gasteiger partial charge in [-0.15, -0.1) is 0 Å². The van der Waals surface area contributed by atoms with Crippen LogP contribution in [0.5, 0.6) is 0 Å². The van der Waals surface area contributed by atoms with E-state index in [1.165, 1.54) is 0 Å².